The van der Waals surface area contributed by atoms with Gasteiger partial charge in [0, 0.05) is 0 Å². The van der Waals surface area contributed by atoms with Crippen LogP contribution in [0.5, 0.6) is 0 Å². The van der Waals surface area contributed by atoms with Crippen LogP contribution in [0.15, 0.2) is 0 Å². The Morgan fingerprint density at radius 3 is 0.941 bits per heavy atom. The predicted molar refractivity (Wildman–Crippen MR) is 159 cm³/mol. The van der Waals surface area contributed by atoms with E-state index in [0.29, 0.717) is 0 Å². The molecule has 0 saturated carbocycles. The second kappa shape index (κ2) is 29.2. The molecule has 0 amide bonds. The predicted octanol–water partition coefficient (Wildman–Crippen LogP) is 13.2. The van der Waals surface area contributed by atoms with Crippen molar-refractivity contribution in [3.05, 3.63) is 0 Å². The molecule has 0 aromatic heterocycles. The maximum absolute atomic E-state index is 2.54. The van der Waals surface area contributed by atoms with Crippen molar-refractivity contribution in [2.24, 2.45) is 11.8 Å². The molecule has 0 rings (SSSR count). The van der Waals surface area contributed by atoms with E-state index in [9.17, 15) is 0 Å². The van der Waals surface area contributed by atoms with E-state index in [2.05, 4.69) is 27.7 Å². The van der Waals surface area contributed by atoms with Crippen molar-refractivity contribution in [1.82, 2.24) is 0 Å². The quantitative estimate of drug-likeness (QED) is 0.0937. The van der Waals surface area contributed by atoms with Crippen LogP contribution >= 0.6 is 0 Å². The molecule has 0 saturated heterocycles. The Bertz CT molecular complexity index is 346. The zero-order valence-electron chi connectivity index (χ0n) is 25.0. The van der Waals surface area contributed by atoms with E-state index in [0.717, 1.165) is 11.8 Å². The van der Waals surface area contributed by atoms with E-state index < -0.39 is 0 Å². The highest BCUT2D eigenvalue weighted by atomic mass is 14.2. The molecule has 0 heterocycles. The van der Waals surface area contributed by atoms with Crippen molar-refractivity contribution in [3.8, 4) is 0 Å². The van der Waals surface area contributed by atoms with Gasteiger partial charge in [-0.2, -0.15) is 0 Å². The molecule has 206 valence electrons. The van der Waals surface area contributed by atoms with Gasteiger partial charge in [0.15, 0.2) is 0 Å². The first-order valence-electron chi connectivity index (χ1n) is 16.7. The van der Waals surface area contributed by atoms with E-state index in [-0.39, 0.29) is 0 Å². The maximum Gasteiger partial charge on any atom is -0.0414 e. The lowest BCUT2D eigenvalue weighted by Crippen LogP contribution is -2.05. The van der Waals surface area contributed by atoms with E-state index in [1.165, 1.54) is 180 Å². The first-order chi connectivity index (χ1) is 16.7. The molecule has 2 unspecified atom stereocenters. The smallest absolute Gasteiger partial charge is 0.0414 e. The van der Waals surface area contributed by atoms with Crippen LogP contribution in [0.3, 0.4) is 0 Å². The van der Waals surface area contributed by atoms with Crippen LogP contribution in [0.2, 0.25) is 0 Å². The molecule has 2 atom stereocenters. The summed E-state index contributed by atoms with van der Waals surface area (Å²) in [6, 6.07) is 0. The minimum atomic E-state index is 0.954. The average Bonchev–Trinajstić information content (AvgIpc) is 2.84. The number of hydrogen-bond donors (Lipinski definition) is 0. The fraction of sp³-hybridized carbons (Fsp3) is 1.00. The molecule has 0 aliphatic carbocycles. The van der Waals surface area contributed by atoms with Gasteiger partial charge in [-0.15, -0.1) is 0 Å². The van der Waals surface area contributed by atoms with Gasteiger partial charge in [-0.25, -0.2) is 0 Å². The van der Waals surface area contributed by atoms with E-state index in [1.54, 1.807) is 0 Å². The number of rotatable bonds is 29. The SMILES string of the molecule is CCCCCCCCCCCCCC(C)CCC(CCCCCCC)CCCCCCCCC. The molecule has 34 heavy (non-hydrogen) atoms. The Kier molecular flexibility index (Phi) is 29.2. The molecule has 0 aliphatic heterocycles. The Morgan fingerprint density at radius 2 is 0.588 bits per heavy atom. The summed E-state index contributed by atoms with van der Waals surface area (Å²) in [6.07, 6.45) is 41.2. The van der Waals surface area contributed by atoms with Gasteiger partial charge >= 0.3 is 0 Å². The zero-order chi connectivity index (χ0) is 25.0. The summed E-state index contributed by atoms with van der Waals surface area (Å²) in [5.41, 5.74) is 0. The third-order valence-electron chi connectivity index (χ3n) is 8.30. The second-order valence-corrected chi connectivity index (χ2v) is 12.0. The molecule has 0 aromatic rings. The van der Waals surface area contributed by atoms with Crippen molar-refractivity contribution in [3.63, 3.8) is 0 Å². The van der Waals surface area contributed by atoms with Crippen LogP contribution in [0.25, 0.3) is 0 Å². The van der Waals surface area contributed by atoms with E-state index >= 15 is 0 Å². The third-order valence-corrected chi connectivity index (χ3v) is 8.30. The zero-order valence-corrected chi connectivity index (χ0v) is 25.0. The van der Waals surface area contributed by atoms with Crippen LogP contribution in [0.1, 0.15) is 207 Å². The van der Waals surface area contributed by atoms with Gasteiger partial charge in [0.1, 0.15) is 0 Å². The summed E-state index contributed by atoms with van der Waals surface area (Å²) in [6.45, 7) is 9.51. The van der Waals surface area contributed by atoms with Gasteiger partial charge in [-0.05, 0) is 11.8 Å². The normalized spacial score (nSPS) is 13.4. The number of unbranched alkanes of at least 4 members (excludes halogenated alkanes) is 20. The molecule has 0 fully saturated rings. The maximum atomic E-state index is 2.54. The first kappa shape index (κ1) is 34.0. The average molecular weight is 479 g/mol. The standard InChI is InChI=1S/C34H70/c1-5-8-11-14-16-17-18-19-21-23-25-28-33(4)31-32-34(29-26-22-13-10-7-3)30-27-24-20-15-12-9-6-2/h33-34H,5-32H2,1-4H3. The van der Waals surface area contributed by atoms with Crippen molar-refractivity contribution in [2.45, 2.75) is 207 Å². The Labute approximate surface area is 219 Å². The van der Waals surface area contributed by atoms with Gasteiger partial charge in [-0.1, -0.05) is 207 Å². The van der Waals surface area contributed by atoms with E-state index in [4.69, 9.17) is 0 Å². The Hall–Kier alpha value is 0. The molecule has 0 nitrogen and oxygen atoms in total. The third kappa shape index (κ3) is 26.6. The van der Waals surface area contributed by atoms with Crippen molar-refractivity contribution < 1.29 is 0 Å². The summed E-state index contributed by atoms with van der Waals surface area (Å²) in [7, 11) is 0. The number of hydrogen-bond acceptors (Lipinski definition) is 0. The fourth-order valence-electron chi connectivity index (χ4n) is 5.68. The van der Waals surface area contributed by atoms with Gasteiger partial charge in [0.2, 0.25) is 0 Å². The lowest BCUT2D eigenvalue weighted by molar-refractivity contribution is 0.335. The summed E-state index contributed by atoms with van der Waals surface area (Å²) in [5.74, 6) is 1.98. The molecule has 0 bridgehead atoms. The molecule has 0 N–H and O–H groups in total. The van der Waals surface area contributed by atoms with Crippen LogP contribution < -0.4 is 0 Å². The first-order valence-corrected chi connectivity index (χ1v) is 16.7. The summed E-state index contributed by atoms with van der Waals surface area (Å²) < 4.78 is 0. The Morgan fingerprint density at radius 1 is 0.294 bits per heavy atom. The molecular formula is C34H70. The van der Waals surface area contributed by atoms with Crippen molar-refractivity contribution in [1.29, 1.82) is 0 Å². The van der Waals surface area contributed by atoms with Crippen LogP contribution in [-0.2, 0) is 0 Å². The van der Waals surface area contributed by atoms with E-state index in [1.807, 2.05) is 0 Å². The highest BCUT2D eigenvalue weighted by molar-refractivity contribution is 4.64. The van der Waals surface area contributed by atoms with Gasteiger partial charge in [-0.3, -0.25) is 0 Å². The lowest BCUT2D eigenvalue weighted by atomic mass is 9.86. The minimum absolute atomic E-state index is 0.954. The highest BCUT2D eigenvalue weighted by Crippen LogP contribution is 2.27. The molecule has 0 radical (unpaired) electrons. The van der Waals surface area contributed by atoms with Crippen molar-refractivity contribution in [2.75, 3.05) is 0 Å². The van der Waals surface area contributed by atoms with Gasteiger partial charge in [0.25, 0.3) is 0 Å². The lowest BCUT2D eigenvalue weighted by Gasteiger charge is -2.20. The monoisotopic (exact) mass is 479 g/mol. The molecule has 0 spiro atoms. The summed E-state index contributed by atoms with van der Waals surface area (Å²) in [5, 5.41) is 0. The second-order valence-electron chi connectivity index (χ2n) is 12.0. The van der Waals surface area contributed by atoms with Crippen LogP contribution in [0.4, 0.5) is 0 Å². The fourth-order valence-corrected chi connectivity index (χ4v) is 5.68. The van der Waals surface area contributed by atoms with Crippen LogP contribution in [0, 0.1) is 11.8 Å². The topological polar surface area (TPSA) is 0 Å². The molecule has 0 aromatic carbocycles. The van der Waals surface area contributed by atoms with Gasteiger partial charge in [0.05, 0.1) is 0 Å². The van der Waals surface area contributed by atoms with Crippen LogP contribution in [-0.4, -0.2) is 0 Å². The summed E-state index contributed by atoms with van der Waals surface area (Å²) in [4.78, 5) is 0. The largest absolute Gasteiger partial charge is 0.0654 e. The molecule has 0 aliphatic rings. The highest BCUT2D eigenvalue weighted by Gasteiger charge is 2.11. The minimum Gasteiger partial charge on any atom is -0.0654 e. The van der Waals surface area contributed by atoms with Crippen molar-refractivity contribution >= 4 is 0 Å². The summed E-state index contributed by atoms with van der Waals surface area (Å²) >= 11 is 0. The molecule has 0 heteroatoms. The van der Waals surface area contributed by atoms with Gasteiger partial charge < -0.3 is 0 Å². The molecular weight excluding hydrogens is 408 g/mol. The Balaban J connectivity index is 3.83.